The number of nitrogens with one attached hydrogen (secondary N) is 1. The zero-order valence-electron chi connectivity index (χ0n) is 14.0. The van der Waals surface area contributed by atoms with Crippen LogP contribution in [0, 0.1) is 0 Å². The second-order valence-corrected chi connectivity index (χ2v) is 6.89. The van der Waals surface area contributed by atoms with Gasteiger partial charge < -0.3 is 5.32 Å². The number of carbonyl (C=O) groups is 1. The van der Waals surface area contributed by atoms with Crippen LogP contribution < -0.4 is 5.32 Å². The van der Waals surface area contributed by atoms with Crippen molar-refractivity contribution >= 4 is 22.2 Å². The minimum Gasteiger partial charge on any atom is -0.358 e. The molecule has 1 aliphatic heterocycles. The number of rotatable bonds is 1. The Morgan fingerprint density at radius 1 is 0.840 bits per heavy atom. The summed E-state index contributed by atoms with van der Waals surface area (Å²) in [5.41, 5.74) is 5.66. The van der Waals surface area contributed by atoms with E-state index >= 15 is 0 Å². The molecular formula is C23H19NO. The van der Waals surface area contributed by atoms with Crippen molar-refractivity contribution in [1.82, 2.24) is 0 Å². The lowest BCUT2D eigenvalue weighted by atomic mass is 9.74. The molecular weight excluding hydrogens is 306 g/mol. The van der Waals surface area contributed by atoms with Crippen LogP contribution in [0.2, 0.25) is 0 Å². The quantitative estimate of drug-likeness (QED) is 0.648. The van der Waals surface area contributed by atoms with Crippen LogP contribution in [0.3, 0.4) is 0 Å². The summed E-state index contributed by atoms with van der Waals surface area (Å²) in [4.78, 5) is 12.9. The molecule has 1 N–H and O–H groups in total. The number of hydrogen-bond acceptors (Lipinski definition) is 2. The van der Waals surface area contributed by atoms with Gasteiger partial charge in [-0.15, -0.1) is 0 Å². The summed E-state index contributed by atoms with van der Waals surface area (Å²) in [6, 6.07) is 23.3. The fourth-order valence-electron chi connectivity index (χ4n) is 4.33. The maximum absolute atomic E-state index is 12.9. The van der Waals surface area contributed by atoms with Gasteiger partial charge in [0.25, 0.3) is 0 Å². The zero-order valence-corrected chi connectivity index (χ0v) is 14.0. The third-order valence-corrected chi connectivity index (χ3v) is 5.42. The molecule has 1 heterocycles. The third-order valence-electron chi connectivity index (χ3n) is 5.42. The van der Waals surface area contributed by atoms with Crippen LogP contribution in [0.4, 0.5) is 5.69 Å². The number of benzene rings is 3. The molecule has 0 saturated heterocycles. The molecule has 3 aromatic rings. The summed E-state index contributed by atoms with van der Waals surface area (Å²) in [5, 5.41) is 6.03. The van der Waals surface area contributed by atoms with Gasteiger partial charge in [0, 0.05) is 29.3 Å². The second-order valence-electron chi connectivity index (χ2n) is 6.89. The van der Waals surface area contributed by atoms with Gasteiger partial charge in [0.2, 0.25) is 0 Å². The molecule has 5 rings (SSSR count). The van der Waals surface area contributed by atoms with E-state index in [0.717, 1.165) is 29.8 Å². The average Bonchev–Trinajstić information content (AvgIpc) is 2.67. The first-order chi connectivity index (χ1) is 12.3. The minimum absolute atomic E-state index is 0.0198. The maximum Gasteiger partial charge on any atom is 0.161 e. The first-order valence-corrected chi connectivity index (χ1v) is 8.93. The van der Waals surface area contributed by atoms with E-state index < -0.39 is 0 Å². The summed E-state index contributed by atoms with van der Waals surface area (Å²) < 4.78 is 0. The Morgan fingerprint density at radius 2 is 1.64 bits per heavy atom. The Morgan fingerprint density at radius 3 is 2.52 bits per heavy atom. The molecule has 0 aromatic heterocycles. The molecule has 0 fully saturated rings. The number of fused-ring (bicyclic) bond motifs is 3. The monoisotopic (exact) mass is 325 g/mol. The first kappa shape index (κ1) is 14.5. The lowest BCUT2D eigenvalue weighted by Gasteiger charge is -2.35. The van der Waals surface area contributed by atoms with Crippen LogP contribution in [0.15, 0.2) is 78.0 Å². The maximum atomic E-state index is 12.9. The smallest absolute Gasteiger partial charge is 0.161 e. The van der Waals surface area contributed by atoms with E-state index in [1.165, 1.54) is 21.9 Å². The van der Waals surface area contributed by atoms with Gasteiger partial charge in [-0.2, -0.15) is 0 Å². The Labute approximate surface area is 147 Å². The van der Waals surface area contributed by atoms with Crippen molar-refractivity contribution in [2.24, 2.45) is 0 Å². The van der Waals surface area contributed by atoms with Gasteiger partial charge >= 0.3 is 0 Å². The summed E-state index contributed by atoms with van der Waals surface area (Å²) in [6.45, 7) is 0. The summed E-state index contributed by atoms with van der Waals surface area (Å²) in [6.07, 6.45) is 2.55. The number of allylic oxidation sites excluding steroid dienone is 2. The topological polar surface area (TPSA) is 29.1 Å². The van der Waals surface area contributed by atoms with Crippen molar-refractivity contribution < 1.29 is 4.79 Å². The third kappa shape index (κ3) is 2.21. The predicted molar refractivity (Wildman–Crippen MR) is 102 cm³/mol. The van der Waals surface area contributed by atoms with Crippen molar-refractivity contribution in [1.29, 1.82) is 0 Å². The zero-order chi connectivity index (χ0) is 16.8. The van der Waals surface area contributed by atoms with E-state index in [1.807, 2.05) is 6.07 Å². The largest absolute Gasteiger partial charge is 0.358 e. The van der Waals surface area contributed by atoms with Crippen LogP contribution in [-0.2, 0) is 4.79 Å². The van der Waals surface area contributed by atoms with Crippen LogP contribution in [0.25, 0.3) is 10.8 Å². The number of anilines is 1. The van der Waals surface area contributed by atoms with Crippen molar-refractivity contribution in [2.45, 2.75) is 25.2 Å². The number of ketones is 1. The average molecular weight is 325 g/mol. The van der Waals surface area contributed by atoms with Crippen LogP contribution >= 0.6 is 0 Å². The van der Waals surface area contributed by atoms with Gasteiger partial charge in [0.1, 0.15) is 0 Å². The van der Waals surface area contributed by atoms with Crippen molar-refractivity contribution in [3.63, 3.8) is 0 Å². The van der Waals surface area contributed by atoms with Gasteiger partial charge in [0.05, 0.1) is 0 Å². The summed E-state index contributed by atoms with van der Waals surface area (Å²) >= 11 is 0. The molecule has 122 valence electrons. The van der Waals surface area contributed by atoms with E-state index in [-0.39, 0.29) is 5.92 Å². The number of hydrogen-bond donors (Lipinski definition) is 1. The molecule has 0 unspecified atom stereocenters. The molecule has 0 bridgehead atoms. The highest BCUT2D eigenvalue weighted by atomic mass is 16.1. The van der Waals surface area contributed by atoms with Crippen molar-refractivity contribution in [2.75, 3.05) is 5.32 Å². The Kier molecular flexibility index (Phi) is 3.24. The highest BCUT2D eigenvalue weighted by Crippen LogP contribution is 2.47. The van der Waals surface area contributed by atoms with Gasteiger partial charge in [-0.05, 0) is 40.8 Å². The molecule has 0 saturated carbocycles. The highest BCUT2D eigenvalue weighted by Gasteiger charge is 2.35. The summed E-state index contributed by atoms with van der Waals surface area (Å²) in [7, 11) is 0. The molecule has 0 amide bonds. The molecule has 1 atom stereocenters. The van der Waals surface area contributed by atoms with E-state index in [0.29, 0.717) is 12.2 Å². The van der Waals surface area contributed by atoms with Crippen LogP contribution in [-0.4, -0.2) is 5.78 Å². The van der Waals surface area contributed by atoms with E-state index in [2.05, 4.69) is 66.0 Å². The molecule has 2 heteroatoms. The van der Waals surface area contributed by atoms with E-state index in [4.69, 9.17) is 0 Å². The fraction of sp³-hybridized carbons (Fsp3) is 0.174. The standard InChI is InChI=1S/C23H19NO/c25-20-12-6-11-18-23(20)21(16-8-2-1-3-9-16)22-17-10-5-4-7-15(17)13-14-19(22)24-18/h1-5,7-10,13-14,21,24H,6,11-12H2/t21-/m0/s1. The predicted octanol–water partition coefficient (Wildman–Crippen LogP) is 5.40. The summed E-state index contributed by atoms with van der Waals surface area (Å²) in [5.74, 6) is 0.313. The molecule has 1 aliphatic carbocycles. The highest BCUT2D eigenvalue weighted by molar-refractivity contribution is 6.04. The SMILES string of the molecule is O=C1CCCC2=C1[C@@H](c1ccccc1)c1c(ccc3ccccc13)N2. The first-order valence-electron chi connectivity index (χ1n) is 8.93. The fourth-order valence-corrected chi connectivity index (χ4v) is 4.33. The molecule has 0 radical (unpaired) electrons. The normalized spacial score (nSPS) is 19.4. The van der Waals surface area contributed by atoms with E-state index in [1.54, 1.807) is 0 Å². The van der Waals surface area contributed by atoms with E-state index in [9.17, 15) is 4.79 Å². The second kappa shape index (κ2) is 5.59. The number of Topliss-reactive ketones (excluding diaryl/α,β-unsaturated/α-hetero) is 1. The van der Waals surface area contributed by atoms with Gasteiger partial charge in [0.15, 0.2) is 5.78 Å². The lowest BCUT2D eigenvalue weighted by Crippen LogP contribution is -2.27. The number of carbonyl (C=O) groups excluding carboxylic acids is 1. The van der Waals surface area contributed by atoms with Crippen molar-refractivity contribution in [3.8, 4) is 0 Å². The van der Waals surface area contributed by atoms with Crippen LogP contribution in [0.1, 0.15) is 36.3 Å². The van der Waals surface area contributed by atoms with Crippen LogP contribution in [0.5, 0.6) is 0 Å². The molecule has 25 heavy (non-hydrogen) atoms. The minimum atomic E-state index is 0.0198. The molecule has 2 nitrogen and oxygen atoms in total. The van der Waals surface area contributed by atoms with Crippen molar-refractivity contribution in [3.05, 3.63) is 89.1 Å². The van der Waals surface area contributed by atoms with Gasteiger partial charge in [-0.25, -0.2) is 0 Å². The van der Waals surface area contributed by atoms with Gasteiger partial charge in [-0.3, -0.25) is 4.79 Å². The Bertz CT molecular complexity index is 1020. The Balaban J connectivity index is 1.85. The molecule has 3 aromatic carbocycles. The molecule has 2 aliphatic rings. The van der Waals surface area contributed by atoms with Gasteiger partial charge in [-0.1, -0.05) is 60.7 Å². The lowest BCUT2D eigenvalue weighted by molar-refractivity contribution is -0.116. The Hall–Kier alpha value is -2.87. The molecule has 0 spiro atoms.